The molecule has 0 saturated heterocycles. The van der Waals surface area contributed by atoms with Gasteiger partial charge in [-0.05, 0) is 35.9 Å². The number of hydrogen-bond acceptors (Lipinski definition) is 5. The van der Waals surface area contributed by atoms with Crippen LogP contribution in [-0.2, 0) is 17.9 Å². The molecule has 0 radical (unpaired) electrons. The molecule has 0 aliphatic carbocycles. The largest absolute Gasteiger partial charge is 0.467 e. The van der Waals surface area contributed by atoms with E-state index in [1.54, 1.807) is 35.1 Å². The SMILES string of the molecule is O=C(CSc1nc2ccccc2c(=O)n1Cc1ccco1)NCc1ccccc1Br. The quantitative estimate of drug-likeness (QED) is 0.314. The number of thioether (sulfide) groups is 1. The van der Waals surface area contributed by atoms with Crippen molar-refractivity contribution in [1.29, 1.82) is 0 Å². The molecule has 1 N–H and O–H groups in total. The Morgan fingerprint density at radius 1 is 1.10 bits per heavy atom. The molecule has 0 aliphatic rings. The number of nitrogens with one attached hydrogen (secondary N) is 1. The predicted molar refractivity (Wildman–Crippen MR) is 121 cm³/mol. The molecule has 0 unspecified atom stereocenters. The van der Waals surface area contributed by atoms with E-state index in [0.717, 1.165) is 10.0 Å². The van der Waals surface area contributed by atoms with Crippen LogP contribution in [0, 0.1) is 0 Å². The molecule has 0 saturated carbocycles. The molecule has 2 heterocycles. The fourth-order valence-corrected chi connectivity index (χ4v) is 4.23. The van der Waals surface area contributed by atoms with Gasteiger partial charge < -0.3 is 9.73 Å². The predicted octanol–water partition coefficient (Wildman–Crippen LogP) is 4.21. The minimum Gasteiger partial charge on any atom is -0.467 e. The van der Waals surface area contributed by atoms with Gasteiger partial charge in [0.1, 0.15) is 5.76 Å². The van der Waals surface area contributed by atoms with Crippen LogP contribution >= 0.6 is 27.7 Å². The molecule has 6 nitrogen and oxygen atoms in total. The molecule has 1 amide bonds. The van der Waals surface area contributed by atoms with E-state index in [2.05, 4.69) is 26.2 Å². The van der Waals surface area contributed by atoms with Gasteiger partial charge in [0.25, 0.3) is 5.56 Å². The van der Waals surface area contributed by atoms with Gasteiger partial charge in [-0.25, -0.2) is 4.98 Å². The second-order valence-corrected chi connectivity index (χ2v) is 8.34. The van der Waals surface area contributed by atoms with Gasteiger partial charge in [-0.1, -0.05) is 58.0 Å². The topological polar surface area (TPSA) is 77.1 Å². The Morgan fingerprint density at radius 2 is 1.90 bits per heavy atom. The first kappa shape index (κ1) is 20.4. The van der Waals surface area contributed by atoms with Crippen molar-refractivity contribution in [2.45, 2.75) is 18.2 Å². The van der Waals surface area contributed by atoms with E-state index < -0.39 is 0 Å². The number of furan rings is 1. The summed E-state index contributed by atoms with van der Waals surface area (Å²) in [4.78, 5) is 30.0. The molecule has 4 rings (SSSR count). The van der Waals surface area contributed by atoms with Crippen molar-refractivity contribution >= 4 is 44.5 Å². The molecular weight excluding hydrogens is 466 g/mol. The van der Waals surface area contributed by atoms with E-state index in [-0.39, 0.29) is 23.8 Å². The second kappa shape index (κ2) is 9.32. The van der Waals surface area contributed by atoms with Crippen molar-refractivity contribution < 1.29 is 9.21 Å². The Balaban J connectivity index is 1.53. The van der Waals surface area contributed by atoms with Crippen LogP contribution in [-0.4, -0.2) is 21.2 Å². The van der Waals surface area contributed by atoms with Crippen molar-refractivity contribution in [1.82, 2.24) is 14.9 Å². The molecule has 2 aromatic carbocycles. The molecule has 0 bridgehead atoms. The zero-order valence-corrected chi connectivity index (χ0v) is 18.3. The highest BCUT2D eigenvalue weighted by molar-refractivity contribution is 9.10. The lowest BCUT2D eigenvalue weighted by Gasteiger charge is -2.12. The van der Waals surface area contributed by atoms with Crippen molar-refractivity contribution in [2.75, 3.05) is 5.75 Å². The highest BCUT2D eigenvalue weighted by Crippen LogP contribution is 2.19. The van der Waals surface area contributed by atoms with E-state index in [0.29, 0.717) is 28.4 Å². The summed E-state index contributed by atoms with van der Waals surface area (Å²) in [5.41, 5.74) is 1.44. The molecular formula is C22H18BrN3O3S. The number of carbonyl (C=O) groups is 1. The average molecular weight is 484 g/mol. The fourth-order valence-electron chi connectivity index (χ4n) is 2.97. The average Bonchev–Trinajstić information content (AvgIpc) is 3.27. The number of amides is 1. The molecule has 0 aliphatic heterocycles. The number of para-hydroxylation sites is 1. The minimum atomic E-state index is -0.159. The summed E-state index contributed by atoms with van der Waals surface area (Å²) in [5, 5.41) is 3.92. The van der Waals surface area contributed by atoms with Gasteiger partial charge in [0, 0.05) is 11.0 Å². The lowest BCUT2D eigenvalue weighted by atomic mass is 10.2. The number of carbonyl (C=O) groups excluding carboxylic acids is 1. The standard InChI is InChI=1S/C22H18BrN3O3S/c23-18-9-3-1-6-15(18)12-24-20(27)14-30-22-25-19-10-4-2-8-17(19)21(28)26(22)13-16-7-5-11-29-16/h1-11H,12-14H2,(H,24,27). The third-order valence-corrected chi connectivity index (χ3v) is 6.24. The van der Waals surface area contributed by atoms with Crippen molar-refractivity contribution in [2.24, 2.45) is 0 Å². The number of nitrogens with zero attached hydrogens (tertiary/aromatic N) is 2. The Labute approximate surface area is 185 Å². The molecule has 8 heteroatoms. The number of fused-ring (bicyclic) bond motifs is 1. The fraction of sp³-hybridized carbons (Fsp3) is 0.136. The summed E-state index contributed by atoms with van der Waals surface area (Å²) < 4.78 is 7.90. The number of halogens is 1. The van der Waals surface area contributed by atoms with Gasteiger partial charge in [0.05, 0.1) is 29.5 Å². The third kappa shape index (κ3) is 4.66. The maximum atomic E-state index is 13.0. The molecule has 152 valence electrons. The molecule has 4 aromatic rings. The van der Waals surface area contributed by atoms with E-state index in [1.807, 2.05) is 36.4 Å². The first-order valence-electron chi connectivity index (χ1n) is 9.26. The summed E-state index contributed by atoms with van der Waals surface area (Å²) in [6, 6.07) is 18.5. The number of aromatic nitrogens is 2. The van der Waals surface area contributed by atoms with E-state index in [9.17, 15) is 9.59 Å². The van der Waals surface area contributed by atoms with E-state index in [1.165, 1.54) is 11.8 Å². The normalized spacial score (nSPS) is 11.0. The van der Waals surface area contributed by atoms with Gasteiger partial charge in [-0.15, -0.1) is 0 Å². The Kier molecular flexibility index (Phi) is 6.35. The van der Waals surface area contributed by atoms with Crippen LogP contribution in [0.25, 0.3) is 10.9 Å². The van der Waals surface area contributed by atoms with Crippen molar-refractivity contribution in [3.05, 3.63) is 93.1 Å². The van der Waals surface area contributed by atoms with Gasteiger partial charge in [-0.3, -0.25) is 14.2 Å². The second-order valence-electron chi connectivity index (χ2n) is 6.54. The minimum absolute atomic E-state index is 0.136. The number of rotatable bonds is 7. The van der Waals surface area contributed by atoms with Crippen LogP contribution in [0.5, 0.6) is 0 Å². The van der Waals surface area contributed by atoms with Crippen LogP contribution in [0.3, 0.4) is 0 Å². The van der Waals surface area contributed by atoms with Crippen LogP contribution in [0.1, 0.15) is 11.3 Å². The molecule has 2 aromatic heterocycles. The first-order valence-corrected chi connectivity index (χ1v) is 11.0. The summed E-state index contributed by atoms with van der Waals surface area (Å²) >= 11 is 4.71. The number of hydrogen-bond donors (Lipinski definition) is 1. The van der Waals surface area contributed by atoms with Crippen molar-refractivity contribution in [3.63, 3.8) is 0 Å². The Morgan fingerprint density at radius 3 is 2.70 bits per heavy atom. The number of benzene rings is 2. The highest BCUT2D eigenvalue weighted by Gasteiger charge is 2.14. The lowest BCUT2D eigenvalue weighted by Crippen LogP contribution is -2.27. The lowest BCUT2D eigenvalue weighted by molar-refractivity contribution is -0.118. The zero-order chi connectivity index (χ0) is 20.9. The van der Waals surface area contributed by atoms with Gasteiger partial charge in [0.15, 0.2) is 5.16 Å². The van der Waals surface area contributed by atoms with Crippen LogP contribution < -0.4 is 10.9 Å². The molecule has 0 spiro atoms. The summed E-state index contributed by atoms with van der Waals surface area (Å²) in [6.45, 7) is 0.676. The van der Waals surface area contributed by atoms with Crippen LogP contribution in [0.2, 0.25) is 0 Å². The monoisotopic (exact) mass is 483 g/mol. The molecule has 0 fully saturated rings. The third-order valence-electron chi connectivity index (χ3n) is 4.49. The smallest absolute Gasteiger partial charge is 0.262 e. The maximum absolute atomic E-state index is 13.0. The van der Waals surface area contributed by atoms with Crippen LogP contribution in [0.4, 0.5) is 0 Å². The van der Waals surface area contributed by atoms with Crippen molar-refractivity contribution in [3.8, 4) is 0 Å². The van der Waals surface area contributed by atoms with Crippen LogP contribution in [0.15, 0.2) is 85.8 Å². The highest BCUT2D eigenvalue weighted by atomic mass is 79.9. The first-order chi connectivity index (χ1) is 14.6. The maximum Gasteiger partial charge on any atom is 0.262 e. The molecule has 30 heavy (non-hydrogen) atoms. The summed E-state index contributed by atoms with van der Waals surface area (Å²) in [5.74, 6) is 0.657. The Hall–Kier alpha value is -2.84. The Bertz CT molecular complexity index is 1240. The molecule has 0 atom stereocenters. The van der Waals surface area contributed by atoms with Gasteiger partial charge >= 0.3 is 0 Å². The summed E-state index contributed by atoms with van der Waals surface area (Å²) in [6.07, 6.45) is 1.57. The zero-order valence-electron chi connectivity index (χ0n) is 15.9. The van der Waals surface area contributed by atoms with Gasteiger partial charge in [0.2, 0.25) is 5.91 Å². The summed E-state index contributed by atoms with van der Waals surface area (Å²) in [7, 11) is 0. The van der Waals surface area contributed by atoms with E-state index >= 15 is 0 Å². The van der Waals surface area contributed by atoms with E-state index in [4.69, 9.17) is 4.42 Å². The van der Waals surface area contributed by atoms with Gasteiger partial charge in [-0.2, -0.15) is 0 Å².